The summed E-state index contributed by atoms with van der Waals surface area (Å²) in [5, 5.41) is 35.6. The van der Waals surface area contributed by atoms with E-state index in [4.69, 9.17) is 0 Å². The molecule has 0 saturated carbocycles. The molecule has 0 saturated heterocycles. The second-order valence-electron chi connectivity index (χ2n) is 10.8. The van der Waals surface area contributed by atoms with Gasteiger partial charge in [0.15, 0.2) is 0 Å². The van der Waals surface area contributed by atoms with Crippen LogP contribution in [0.3, 0.4) is 0 Å². The molecule has 1 aromatic carbocycles. The topological polar surface area (TPSA) is 199 Å². The highest BCUT2D eigenvalue weighted by molar-refractivity contribution is 6.06. The van der Waals surface area contributed by atoms with Crippen LogP contribution in [0.15, 0.2) is 18.2 Å². The number of hydrogen-bond acceptors (Lipinski definition) is 6. The smallest absolute Gasteiger partial charge is 0.326 e. The molecule has 0 aliphatic heterocycles. The molecule has 39 heavy (non-hydrogen) atoms. The van der Waals surface area contributed by atoms with Crippen molar-refractivity contribution in [3.63, 3.8) is 0 Å². The van der Waals surface area contributed by atoms with Crippen LogP contribution >= 0.6 is 0 Å². The number of aliphatic carboxylic acids is 3. The maximum atomic E-state index is 13.0. The Morgan fingerprint density at radius 2 is 0.718 bits per heavy atom. The van der Waals surface area contributed by atoms with Gasteiger partial charge in [0.1, 0.15) is 18.1 Å². The molecule has 12 nitrogen and oxygen atoms in total. The average molecular weight is 550 g/mol. The summed E-state index contributed by atoms with van der Waals surface area (Å²) in [5.41, 5.74) is -0.683. The maximum Gasteiger partial charge on any atom is 0.326 e. The lowest BCUT2D eigenvalue weighted by Gasteiger charge is -2.19. The summed E-state index contributed by atoms with van der Waals surface area (Å²) >= 11 is 0. The van der Waals surface area contributed by atoms with Gasteiger partial charge in [-0.1, -0.05) is 41.5 Å². The Balaban J connectivity index is 3.48. The summed E-state index contributed by atoms with van der Waals surface area (Å²) < 4.78 is 0. The van der Waals surface area contributed by atoms with E-state index in [1.165, 1.54) is 0 Å². The van der Waals surface area contributed by atoms with Gasteiger partial charge in [-0.05, 0) is 55.2 Å². The summed E-state index contributed by atoms with van der Waals surface area (Å²) in [5.74, 6) is -6.60. The fraction of sp³-hybridized carbons (Fsp3) is 0.556. The Hall–Kier alpha value is -3.96. The predicted octanol–water partition coefficient (Wildman–Crippen LogP) is 2.37. The quantitative estimate of drug-likeness (QED) is 0.190. The first-order valence-corrected chi connectivity index (χ1v) is 12.8. The number of benzene rings is 1. The fourth-order valence-corrected chi connectivity index (χ4v) is 3.82. The third kappa shape index (κ3) is 11.1. The standard InChI is InChI=1S/C27H39N3O9/c1-13(2)7-19(25(34)35)28-22(31)16-10-17(23(32)29-20(26(36)37)8-14(3)4)12-18(11-16)24(33)30-21(27(38)39)9-15(5)6/h10-15,19-21H,7-9H2,1-6H3,(H,28,31)(H,29,32)(H,30,33)(H,34,35)(H,36,37)(H,38,39)/t19-,20-,21-/m0/s1. The van der Waals surface area contributed by atoms with Crippen molar-refractivity contribution in [3.05, 3.63) is 34.9 Å². The molecule has 0 aliphatic carbocycles. The number of carbonyl (C=O) groups excluding carboxylic acids is 3. The van der Waals surface area contributed by atoms with E-state index in [1.807, 2.05) is 0 Å². The van der Waals surface area contributed by atoms with Gasteiger partial charge in [-0.3, -0.25) is 14.4 Å². The van der Waals surface area contributed by atoms with Crippen molar-refractivity contribution < 1.29 is 44.1 Å². The summed E-state index contributed by atoms with van der Waals surface area (Å²) in [7, 11) is 0. The first kappa shape index (κ1) is 33.1. The first-order chi connectivity index (χ1) is 18.0. The van der Waals surface area contributed by atoms with Gasteiger partial charge in [-0.15, -0.1) is 0 Å². The van der Waals surface area contributed by atoms with E-state index in [9.17, 15) is 44.1 Å². The molecule has 0 aromatic heterocycles. The summed E-state index contributed by atoms with van der Waals surface area (Å²) in [6, 6.07) is -0.363. The Bertz CT molecular complexity index is 937. The normalized spacial score (nSPS) is 13.5. The molecular formula is C27H39N3O9. The van der Waals surface area contributed by atoms with Gasteiger partial charge in [0.25, 0.3) is 17.7 Å². The largest absolute Gasteiger partial charge is 0.480 e. The van der Waals surface area contributed by atoms with Crippen molar-refractivity contribution >= 4 is 35.6 Å². The first-order valence-electron chi connectivity index (χ1n) is 12.8. The van der Waals surface area contributed by atoms with Gasteiger partial charge in [0, 0.05) is 16.7 Å². The van der Waals surface area contributed by atoms with Crippen molar-refractivity contribution in [2.24, 2.45) is 17.8 Å². The van der Waals surface area contributed by atoms with E-state index in [0.29, 0.717) is 0 Å². The zero-order chi connectivity index (χ0) is 30.0. The van der Waals surface area contributed by atoms with Crippen LogP contribution in [-0.2, 0) is 14.4 Å². The van der Waals surface area contributed by atoms with Crippen LogP contribution in [-0.4, -0.2) is 69.1 Å². The molecule has 0 heterocycles. The number of carbonyl (C=O) groups is 6. The lowest BCUT2D eigenvalue weighted by atomic mass is 9.99. The zero-order valence-corrected chi connectivity index (χ0v) is 23.1. The van der Waals surface area contributed by atoms with E-state index < -0.39 is 53.8 Å². The Morgan fingerprint density at radius 3 is 0.872 bits per heavy atom. The van der Waals surface area contributed by atoms with Crippen LogP contribution in [0.2, 0.25) is 0 Å². The monoisotopic (exact) mass is 549 g/mol. The third-order valence-corrected chi connectivity index (χ3v) is 5.65. The summed E-state index contributed by atoms with van der Waals surface area (Å²) in [4.78, 5) is 74.0. The molecular weight excluding hydrogens is 510 g/mol. The number of hydrogen-bond donors (Lipinski definition) is 6. The molecule has 0 unspecified atom stereocenters. The van der Waals surface area contributed by atoms with Crippen LogP contribution < -0.4 is 16.0 Å². The highest BCUT2D eigenvalue weighted by Crippen LogP contribution is 2.15. The third-order valence-electron chi connectivity index (χ3n) is 5.65. The molecule has 0 aliphatic rings. The van der Waals surface area contributed by atoms with Gasteiger partial charge < -0.3 is 31.3 Å². The molecule has 3 amide bonds. The second-order valence-corrected chi connectivity index (χ2v) is 10.8. The van der Waals surface area contributed by atoms with Crippen LogP contribution in [0.5, 0.6) is 0 Å². The van der Waals surface area contributed by atoms with Crippen molar-refractivity contribution in [2.75, 3.05) is 0 Å². The number of nitrogens with one attached hydrogen (secondary N) is 3. The average Bonchev–Trinajstić information content (AvgIpc) is 2.81. The molecule has 0 fully saturated rings. The molecule has 0 radical (unpaired) electrons. The second kappa shape index (κ2) is 14.8. The van der Waals surface area contributed by atoms with Crippen molar-refractivity contribution in [1.29, 1.82) is 0 Å². The lowest BCUT2D eigenvalue weighted by molar-refractivity contribution is -0.140. The Labute approximate surface area is 227 Å². The van der Waals surface area contributed by atoms with E-state index >= 15 is 0 Å². The highest BCUT2D eigenvalue weighted by Gasteiger charge is 2.27. The van der Waals surface area contributed by atoms with Crippen LogP contribution in [0.25, 0.3) is 0 Å². The van der Waals surface area contributed by atoms with Crippen LogP contribution in [0.4, 0.5) is 0 Å². The van der Waals surface area contributed by atoms with Gasteiger partial charge in [0.05, 0.1) is 0 Å². The molecule has 3 atom stereocenters. The van der Waals surface area contributed by atoms with Gasteiger partial charge >= 0.3 is 17.9 Å². The lowest BCUT2D eigenvalue weighted by Crippen LogP contribution is -2.43. The molecule has 0 bridgehead atoms. The van der Waals surface area contributed by atoms with Gasteiger partial charge in [-0.2, -0.15) is 0 Å². The van der Waals surface area contributed by atoms with Gasteiger partial charge in [0.2, 0.25) is 0 Å². The minimum absolute atomic E-state index is 0.0623. The molecule has 0 spiro atoms. The van der Waals surface area contributed by atoms with E-state index in [2.05, 4.69) is 16.0 Å². The predicted molar refractivity (Wildman–Crippen MR) is 141 cm³/mol. The van der Waals surface area contributed by atoms with E-state index in [-0.39, 0.29) is 53.7 Å². The van der Waals surface area contributed by atoms with Crippen molar-refractivity contribution in [3.8, 4) is 0 Å². The maximum absolute atomic E-state index is 13.0. The van der Waals surface area contributed by atoms with E-state index in [0.717, 1.165) is 18.2 Å². The molecule has 216 valence electrons. The number of carboxylic acid groups (broad SMARTS) is 3. The van der Waals surface area contributed by atoms with Gasteiger partial charge in [-0.25, -0.2) is 14.4 Å². The SMILES string of the molecule is CC(C)C[C@H](NC(=O)c1cc(C(=O)N[C@@H](CC(C)C)C(=O)O)cc(C(=O)N[C@@H](CC(C)C)C(=O)O)c1)C(=O)O. The minimum Gasteiger partial charge on any atom is -0.480 e. The highest BCUT2D eigenvalue weighted by atomic mass is 16.4. The van der Waals surface area contributed by atoms with E-state index in [1.54, 1.807) is 41.5 Å². The fourth-order valence-electron chi connectivity index (χ4n) is 3.82. The van der Waals surface area contributed by atoms with Crippen LogP contribution in [0, 0.1) is 17.8 Å². The zero-order valence-electron chi connectivity index (χ0n) is 23.1. The Kier molecular flexibility index (Phi) is 12.6. The molecule has 1 aromatic rings. The molecule has 1 rings (SSSR count). The van der Waals surface area contributed by atoms with Crippen LogP contribution in [0.1, 0.15) is 91.9 Å². The summed E-state index contributed by atoms with van der Waals surface area (Å²) in [6.07, 6.45) is 0.374. The molecule has 12 heteroatoms. The number of carboxylic acids is 3. The molecule has 6 N–H and O–H groups in total. The van der Waals surface area contributed by atoms with Crippen molar-refractivity contribution in [2.45, 2.75) is 78.9 Å². The van der Waals surface area contributed by atoms with Crippen molar-refractivity contribution in [1.82, 2.24) is 16.0 Å². The number of amides is 3. The minimum atomic E-state index is -1.26. The number of rotatable bonds is 15. The summed E-state index contributed by atoms with van der Waals surface area (Å²) in [6.45, 7) is 10.7. The Morgan fingerprint density at radius 1 is 0.513 bits per heavy atom.